The van der Waals surface area contributed by atoms with Crippen molar-refractivity contribution < 1.29 is 9.47 Å². The summed E-state index contributed by atoms with van der Waals surface area (Å²) in [4.78, 5) is 6.63. The molecule has 1 unspecified atom stereocenters. The van der Waals surface area contributed by atoms with Crippen LogP contribution in [0.2, 0.25) is 0 Å². The summed E-state index contributed by atoms with van der Waals surface area (Å²) in [7, 11) is 0. The second kappa shape index (κ2) is 6.10. The summed E-state index contributed by atoms with van der Waals surface area (Å²) in [5.74, 6) is 0.849. The van der Waals surface area contributed by atoms with E-state index in [0.717, 1.165) is 38.1 Å². The third-order valence-electron chi connectivity index (χ3n) is 4.42. The van der Waals surface area contributed by atoms with Crippen molar-refractivity contribution in [2.75, 3.05) is 26.2 Å². The Morgan fingerprint density at radius 3 is 3.00 bits per heavy atom. The van der Waals surface area contributed by atoms with Crippen LogP contribution < -0.4 is 4.74 Å². The number of nitrogens with zero attached hydrogens (tertiary/aromatic N) is 2. The van der Waals surface area contributed by atoms with Gasteiger partial charge in [-0.05, 0) is 37.9 Å². The highest BCUT2D eigenvalue weighted by Crippen LogP contribution is 2.37. The second-order valence-corrected chi connectivity index (χ2v) is 5.97. The Balaban J connectivity index is 1.52. The number of rotatable bonds is 4. The first-order chi connectivity index (χ1) is 9.80. The van der Waals surface area contributed by atoms with Gasteiger partial charge in [-0.25, -0.2) is 0 Å². The van der Waals surface area contributed by atoms with Crippen molar-refractivity contribution in [2.24, 2.45) is 0 Å². The van der Waals surface area contributed by atoms with Gasteiger partial charge in [-0.1, -0.05) is 6.92 Å². The maximum Gasteiger partial charge on any atom is 0.138 e. The van der Waals surface area contributed by atoms with Gasteiger partial charge in [-0.15, -0.1) is 0 Å². The van der Waals surface area contributed by atoms with E-state index in [1.807, 2.05) is 12.1 Å². The lowest BCUT2D eigenvalue weighted by atomic mass is 9.88. The topological polar surface area (TPSA) is 34.6 Å². The van der Waals surface area contributed by atoms with Gasteiger partial charge in [0.2, 0.25) is 0 Å². The maximum absolute atomic E-state index is 6.12. The van der Waals surface area contributed by atoms with Crippen molar-refractivity contribution in [1.82, 2.24) is 9.88 Å². The highest BCUT2D eigenvalue weighted by atomic mass is 16.6. The Kier molecular flexibility index (Phi) is 4.22. The molecule has 0 N–H and O–H groups in total. The van der Waals surface area contributed by atoms with Gasteiger partial charge < -0.3 is 14.4 Å². The van der Waals surface area contributed by atoms with Gasteiger partial charge in [-0.2, -0.15) is 0 Å². The lowest BCUT2D eigenvalue weighted by Gasteiger charge is -2.38. The Bertz CT molecular complexity index is 416. The Morgan fingerprint density at radius 2 is 2.30 bits per heavy atom. The smallest absolute Gasteiger partial charge is 0.138 e. The number of pyridine rings is 1. The van der Waals surface area contributed by atoms with Crippen molar-refractivity contribution >= 4 is 0 Å². The lowest BCUT2D eigenvalue weighted by Crippen LogP contribution is -2.44. The van der Waals surface area contributed by atoms with Crippen LogP contribution in [0.1, 0.15) is 32.6 Å². The van der Waals surface area contributed by atoms with Crippen LogP contribution in [0.25, 0.3) is 0 Å². The SMILES string of the molecule is CCCN1CCC2(CC1)CC(Oc1cccnc1)CO2. The van der Waals surface area contributed by atoms with Crippen LogP contribution in [0.5, 0.6) is 5.75 Å². The van der Waals surface area contributed by atoms with Crippen LogP contribution in [0.3, 0.4) is 0 Å². The first-order valence-corrected chi connectivity index (χ1v) is 7.73. The van der Waals surface area contributed by atoms with E-state index in [1.54, 1.807) is 12.4 Å². The number of ether oxygens (including phenoxy) is 2. The second-order valence-electron chi connectivity index (χ2n) is 5.97. The summed E-state index contributed by atoms with van der Waals surface area (Å²) < 4.78 is 12.1. The Hall–Kier alpha value is -1.13. The van der Waals surface area contributed by atoms with E-state index in [9.17, 15) is 0 Å². The first-order valence-electron chi connectivity index (χ1n) is 7.73. The van der Waals surface area contributed by atoms with Gasteiger partial charge in [0.1, 0.15) is 11.9 Å². The summed E-state index contributed by atoms with van der Waals surface area (Å²) in [6, 6.07) is 3.87. The fourth-order valence-corrected chi connectivity index (χ4v) is 3.34. The minimum absolute atomic E-state index is 0.0666. The molecule has 0 saturated carbocycles. The Morgan fingerprint density at radius 1 is 1.45 bits per heavy atom. The van der Waals surface area contributed by atoms with Crippen LogP contribution in [0.15, 0.2) is 24.5 Å². The highest BCUT2D eigenvalue weighted by Gasteiger charge is 2.43. The summed E-state index contributed by atoms with van der Waals surface area (Å²) >= 11 is 0. The lowest BCUT2D eigenvalue weighted by molar-refractivity contribution is -0.0439. The molecular formula is C16H24N2O2. The zero-order valence-corrected chi connectivity index (χ0v) is 12.3. The molecule has 2 aliphatic heterocycles. The third kappa shape index (κ3) is 3.13. The van der Waals surface area contributed by atoms with E-state index in [4.69, 9.17) is 9.47 Å². The molecule has 2 fully saturated rings. The molecule has 0 bridgehead atoms. The van der Waals surface area contributed by atoms with E-state index < -0.39 is 0 Å². The number of hydrogen-bond acceptors (Lipinski definition) is 4. The predicted octanol–water partition coefficient (Wildman–Crippen LogP) is 2.49. The van der Waals surface area contributed by atoms with Crippen molar-refractivity contribution in [1.29, 1.82) is 0 Å². The molecule has 4 heteroatoms. The number of piperidine rings is 1. The fourth-order valence-electron chi connectivity index (χ4n) is 3.34. The summed E-state index contributed by atoms with van der Waals surface area (Å²) in [5, 5.41) is 0. The minimum Gasteiger partial charge on any atom is -0.486 e. The zero-order valence-electron chi connectivity index (χ0n) is 12.3. The minimum atomic E-state index is 0.0666. The third-order valence-corrected chi connectivity index (χ3v) is 4.42. The van der Waals surface area contributed by atoms with Gasteiger partial charge in [-0.3, -0.25) is 4.98 Å². The van der Waals surface area contributed by atoms with Crippen LogP contribution in [0, 0.1) is 0 Å². The zero-order chi connectivity index (χ0) is 13.8. The molecule has 1 aromatic heterocycles. The molecule has 1 spiro atoms. The van der Waals surface area contributed by atoms with Gasteiger partial charge in [0.25, 0.3) is 0 Å². The molecule has 3 heterocycles. The first kappa shape index (κ1) is 13.8. The molecule has 1 aromatic rings. The molecular weight excluding hydrogens is 252 g/mol. The van der Waals surface area contributed by atoms with Crippen molar-refractivity contribution in [3.63, 3.8) is 0 Å². The predicted molar refractivity (Wildman–Crippen MR) is 77.9 cm³/mol. The largest absolute Gasteiger partial charge is 0.486 e. The van der Waals surface area contributed by atoms with Crippen molar-refractivity contribution in [2.45, 2.75) is 44.3 Å². The number of hydrogen-bond donors (Lipinski definition) is 0. The van der Waals surface area contributed by atoms with Crippen LogP contribution >= 0.6 is 0 Å². The monoisotopic (exact) mass is 276 g/mol. The standard InChI is InChI=1S/C16H24N2O2/c1-2-8-18-9-5-16(6-10-18)11-15(13-19-16)20-14-4-3-7-17-12-14/h3-4,7,12,15H,2,5-6,8-11,13H2,1H3. The van der Waals surface area contributed by atoms with E-state index in [2.05, 4.69) is 16.8 Å². The van der Waals surface area contributed by atoms with Gasteiger partial charge in [0, 0.05) is 25.7 Å². The van der Waals surface area contributed by atoms with E-state index >= 15 is 0 Å². The summed E-state index contributed by atoms with van der Waals surface area (Å²) in [6.07, 6.45) is 8.25. The molecule has 4 nitrogen and oxygen atoms in total. The molecule has 1 atom stereocenters. The van der Waals surface area contributed by atoms with Crippen LogP contribution in [0.4, 0.5) is 0 Å². The van der Waals surface area contributed by atoms with E-state index in [1.165, 1.54) is 13.0 Å². The number of likely N-dealkylation sites (tertiary alicyclic amines) is 1. The molecule has 0 aromatic carbocycles. The molecule has 2 aliphatic rings. The Labute approximate surface area is 121 Å². The maximum atomic E-state index is 6.12. The molecule has 0 aliphatic carbocycles. The van der Waals surface area contributed by atoms with Crippen LogP contribution in [-0.4, -0.2) is 47.8 Å². The van der Waals surface area contributed by atoms with Gasteiger partial charge in [0.15, 0.2) is 0 Å². The summed E-state index contributed by atoms with van der Waals surface area (Å²) in [5.41, 5.74) is 0.0666. The molecule has 0 radical (unpaired) electrons. The van der Waals surface area contributed by atoms with E-state index in [-0.39, 0.29) is 11.7 Å². The quantitative estimate of drug-likeness (QED) is 0.846. The molecule has 2 saturated heterocycles. The highest BCUT2D eigenvalue weighted by molar-refractivity contribution is 5.16. The molecule has 20 heavy (non-hydrogen) atoms. The molecule has 110 valence electrons. The average molecular weight is 276 g/mol. The van der Waals surface area contributed by atoms with E-state index in [0.29, 0.717) is 6.61 Å². The van der Waals surface area contributed by atoms with Crippen LogP contribution in [-0.2, 0) is 4.74 Å². The molecule has 0 amide bonds. The van der Waals surface area contributed by atoms with Gasteiger partial charge >= 0.3 is 0 Å². The molecule has 3 rings (SSSR count). The average Bonchev–Trinajstić information content (AvgIpc) is 2.86. The summed E-state index contributed by atoms with van der Waals surface area (Å²) in [6.45, 7) is 6.49. The van der Waals surface area contributed by atoms with Crippen molar-refractivity contribution in [3.8, 4) is 5.75 Å². The number of aromatic nitrogens is 1. The fraction of sp³-hybridized carbons (Fsp3) is 0.688. The van der Waals surface area contributed by atoms with Crippen molar-refractivity contribution in [3.05, 3.63) is 24.5 Å². The van der Waals surface area contributed by atoms with Gasteiger partial charge in [0.05, 0.1) is 18.4 Å². The normalized spacial score (nSPS) is 25.9.